The lowest BCUT2D eigenvalue weighted by Gasteiger charge is -2.26. The van der Waals surface area contributed by atoms with Gasteiger partial charge in [0.15, 0.2) is 5.76 Å². The zero-order chi connectivity index (χ0) is 23.8. The van der Waals surface area contributed by atoms with E-state index < -0.39 is 0 Å². The largest absolute Gasteiger partial charge is 0.503 e. The lowest BCUT2D eigenvalue weighted by Crippen LogP contribution is -2.40. The Kier molecular flexibility index (Phi) is 7.39. The molecule has 1 amide bonds. The van der Waals surface area contributed by atoms with Crippen LogP contribution in [0.2, 0.25) is 0 Å². The lowest BCUT2D eigenvalue weighted by molar-refractivity contribution is -0.117. The Hall–Kier alpha value is -4.33. The Morgan fingerprint density at radius 2 is 1.62 bits per heavy atom. The summed E-state index contributed by atoms with van der Waals surface area (Å²) in [6, 6.07) is 14.6. The topological polar surface area (TPSA) is 91.2 Å². The fourth-order valence-corrected chi connectivity index (χ4v) is 3.40. The van der Waals surface area contributed by atoms with Crippen molar-refractivity contribution < 1.29 is 19.4 Å². The van der Waals surface area contributed by atoms with E-state index in [9.17, 15) is 14.7 Å². The normalized spacial score (nSPS) is 15.2. The van der Waals surface area contributed by atoms with Gasteiger partial charge in [-0.15, -0.1) is 0 Å². The predicted octanol–water partition coefficient (Wildman–Crippen LogP) is 2.79. The first-order chi connectivity index (χ1) is 16.6. The number of anilines is 1. The van der Waals surface area contributed by atoms with E-state index in [1.54, 1.807) is 17.0 Å². The lowest BCUT2D eigenvalue weighted by atomic mass is 10.1. The average molecular weight is 453 g/mol. The summed E-state index contributed by atoms with van der Waals surface area (Å²) in [5, 5.41) is 12.9. The minimum Gasteiger partial charge on any atom is -0.503 e. The van der Waals surface area contributed by atoms with Crippen molar-refractivity contribution in [1.82, 2.24) is 4.90 Å². The van der Waals surface area contributed by atoms with Crippen LogP contribution >= 0.6 is 0 Å². The summed E-state index contributed by atoms with van der Waals surface area (Å²) in [6.07, 6.45) is 1.63. The van der Waals surface area contributed by atoms with E-state index in [-0.39, 0.29) is 30.4 Å². The number of ketones is 1. The molecule has 2 N–H and O–H groups in total. The van der Waals surface area contributed by atoms with E-state index in [0.717, 1.165) is 16.8 Å². The van der Waals surface area contributed by atoms with Crippen LogP contribution in [0.3, 0.4) is 0 Å². The third kappa shape index (κ3) is 5.92. The van der Waals surface area contributed by atoms with Gasteiger partial charge in [-0.1, -0.05) is 11.8 Å². The summed E-state index contributed by atoms with van der Waals surface area (Å²) in [4.78, 5) is 29.8. The number of ether oxygens (including phenoxy) is 1. The number of aliphatic imine (C=N–C) groups is 1. The maximum absolute atomic E-state index is 12.5. The Balaban J connectivity index is 1.30. The van der Waals surface area contributed by atoms with E-state index in [2.05, 4.69) is 34.0 Å². The molecule has 1 fully saturated rings. The molecule has 0 unspecified atom stereocenters. The maximum Gasteiger partial charge on any atom is 0.254 e. The van der Waals surface area contributed by atoms with Crippen molar-refractivity contribution in [3.05, 3.63) is 76.7 Å². The van der Waals surface area contributed by atoms with Crippen molar-refractivity contribution in [3.63, 3.8) is 0 Å². The van der Waals surface area contributed by atoms with Crippen LogP contribution in [0.1, 0.15) is 27.9 Å². The Morgan fingerprint density at radius 3 is 2.26 bits per heavy atom. The SMILES string of the molecule is O=C1CC=NC(CNc2ccc(C#CC#Cc3ccc(C(=O)N4CCOCC4)cc3)cc2)=C1O. The van der Waals surface area contributed by atoms with Gasteiger partial charge in [0.1, 0.15) is 5.70 Å². The number of aliphatic hydroxyl groups excluding tert-OH is 1. The highest BCUT2D eigenvalue weighted by Gasteiger charge is 2.18. The van der Waals surface area contributed by atoms with Gasteiger partial charge in [0.05, 0.1) is 19.8 Å². The summed E-state index contributed by atoms with van der Waals surface area (Å²) in [6.45, 7) is 2.64. The highest BCUT2D eigenvalue weighted by Crippen LogP contribution is 2.14. The van der Waals surface area contributed by atoms with Crippen molar-refractivity contribution >= 4 is 23.6 Å². The van der Waals surface area contributed by atoms with Gasteiger partial charge in [-0.2, -0.15) is 0 Å². The number of morpholine rings is 1. The summed E-state index contributed by atoms with van der Waals surface area (Å²) >= 11 is 0. The van der Waals surface area contributed by atoms with E-state index >= 15 is 0 Å². The monoisotopic (exact) mass is 453 g/mol. The second-order valence-corrected chi connectivity index (χ2v) is 7.65. The first-order valence-corrected chi connectivity index (χ1v) is 10.9. The number of carbonyl (C=O) groups excluding carboxylic acids is 2. The molecule has 2 aliphatic rings. The zero-order valence-electron chi connectivity index (χ0n) is 18.5. The minimum atomic E-state index is -0.323. The molecule has 0 bridgehead atoms. The predicted molar refractivity (Wildman–Crippen MR) is 130 cm³/mol. The number of benzene rings is 2. The van der Waals surface area contributed by atoms with Gasteiger partial charge in [-0.3, -0.25) is 14.6 Å². The molecule has 1 saturated heterocycles. The third-order valence-electron chi connectivity index (χ3n) is 5.31. The number of carbonyl (C=O) groups is 2. The number of allylic oxidation sites excluding steroid dienone is 1. The fraction of sp³-hybridized carbons (Fsp3) is 0.222. The molecule has 0 saturated carbocycles. The van der Waals surface area contributed by atoms with Crippen molar-refractivity contribution in [2.45, 2.75) is 6.42 Å². The number of Topliss-reactive ketones (excluding diaryl/α,β-unsaturated/α-hetero) is 1. The molecule has 170 valence electrons. The zero-order valence-corrected chi connectivity index (χ0v) is 18.5. The van der Waals surface area contributed by atoms with Gasteiger partial charge in [0.25, 0.3) is 5.91 Å². The second-order valence-electron chi connectivity index (χ2n) is 7.65. The number of nitrogens with one attached hydrogen (secondary N) is 1. The van der Waals surface area contributed by atoms with Crippen molar-refractivity contribution in [2.75, 3.05) is 38.2 Å². The molecule has 7 nitrogen and oxygen atoms in total. The van der Waals surface area contributed by atoms with E-state index in [1.807, 2.05) is 36.4 Å². The van der Waals surface area contributed by atoms with E-state index in [4.69, 9.17) is 4.74 Å². The number of amides is 1. The van der Waals surface area contributed by atoms with Crippen LogP contribution in [0.15, 0.2) is 65.0 Å². The molecule has 2 heterocycles. The van der Waals surface area contributed by atoms with E-state index in [1.165, 1.54) is 6.21 Å². The first-order valence-electron chi connectivity index (χ1n) is 10.9. The van der Waals surface area contributed by atoms with Crippen LogP contribution in [0.25, 0.3) is 0 Å². The summed E-state index contributed by atoms with van der Waals surface area (Å²) < 4.78 is 5.29. The number of hydrogen-bond acceptors (Lipinski definition) is 6. The Morgan fingerprint density at radius 1 is 1.00 bits per heavy atom. The van der Waals surface area contributed by atoms with Gasteiger partial charge in [-0.05, 0) is 60.4 Å². The number of nitrogens with zero attached hydrogens (tertiary/aromatic N) is 2. The maximum atomic E-state index is 12.5. The average Bonchev–Trinajstić information content (AvgIpc) is 2.89. The van der Waals surface area contributed by atoms with E-state index in [0.29, 0.717) is 37.6 Å². The molecule has 4 rings (SSSR count). The summed E-state index contributed by atoms with van der Waals surface area (Å²) in [7, 11) is 0. The van der Waals surface area contributed by atoms with Crippen LogP contribution in [0, 0.1) is 23.7 Å². The molecule has 0 radical (unpaired) electrons. The van der Waals surface area contributed by atoms with Crippen molar-refractivity contribution in [1.29, 1.82) is 0 Å². The van der Waals surface area contributed by atoms with Crippen molar-refractivity contribution in [3.8, 4) is 23.7 Å². The number of aliphatic hydroxyl groups is 1. The van der Waals surface area contributed by atoms with Gasteiger partial charge in [0.2, 0.25) is 5.78 Å². The molecule has 7 heteroatoms. The number of hydrogen-bond donors (Lipinski definition) is 2. The number of rotatable bonds is 4. The molecule has 0 atom stereocenters. The molecule has 34 heavy (non-hydrogen) atoms. The molecule has 0 spiro atoms. The highest BCUT2D eigenvalue weighted by molar-refractivity contribution is 6.04. The van der Waals surface area contributed by atoms with Crippen LogP contribution in [0.4, 0.5) is 5.69 Å². The fourth-order valence-electron chi connectivity index (χ4n) is 3.40. The molecule has 0 aliphatic carbocycles. The Bertz CT molecular complexity index is 1250. The van der Waals surface area contributed by atoms with Crippen LogP contribution in [-0.4, -0.2) is 60.8 Å². The standard InChI is InChI=1S/C27H23N3O4/c31-25-13-14-28-24(26(25)32)19-29-23-11-7-21(8-12-23)4-2-1-3-20-5-9-22(10-6-20)27(33)30-15-17-34-18-16-30/h5-12,14,29,32H,13,15-19H2. The quantitative estimate of drug-likeness (QED) is 0.695. The first kappa shape index (κ1) is 22.8. The molecular weight excluding hydrogens is 430 g/mol. The van der Waals surface area contributed by atoms with Crippen LogP contribution in [-0.2, 0) is 9.53 Å². The summed E-state index contributed by atoms with van der Waals surface area (Å²) in [5.74, 6) is 11.0. The van der Waals surface area contributed by atoms with Gasteiger partial charge in [-0.25, -0.2) is 0 Å². The highest BCUT2D eigenvalue weighted by atomic mass is 16.5. The molecule has 2 aromatic rings. The van der Waals surface area contributed by atoms with Crippen LogP contribution in [0.5, 0.6) is 0 Å². The van der Waals surface area contributed by atoms with Gasteiger partial charge >= 0.3 is 0 Å². The molecule has 2 aromatic carbocycles. The second kappa shape index (κ2) is 11.0. The van der Waals surface area contributed by atoms with Gasteiger partial charge in [0, 0.05) is 48.1 Å². The Labute approximate surface area is 198 Å². The summed E-state index contributed by atoms with van der Waals surface area (Å²) in [5.41, 5.74) is 3.37. The van der Waals surface area contributed by atoms with Gasteiger partial charge < -0.3 is 20.1 Å². The minimum absolute atomic E-state index is 0.00835. The molecule has 2 aliphatic heterocycles. The molecule has 0 aromatic heterocycles. The van der Waals surface area contributed by atoms with Crippen LogP contribution < -0.4 is 5.32 Å². The van der Waals surface area contributed by atoms with Crippen molar-refractivity contribution in [2.24, 2.45) is 4.99 Å². The smallest absolute Gasteiger partial charge is 0.254 e. The third-order valence-corrected chi connectivity index (χ3v) is 5.31. The molecular formula is C27H23N3O4.